The van der Waals surface area contributed by atoms with E-state index < -0.39 is 0 Å². The average Bonchev–Trinajstić information content (AvgIpc) is 2.30. The van der Waals surface area contributed by atoms with Crippen molar-refractivity contribution >= 4 is 5.78 Å². The second-order valence-corrected chi connectivity index (χ2v) is 4.00. The molecule has 0 bridgehead atoms. The first kappa shape index (κ1) is 13.2. The number of hydrogen-bond donors (Lipinski definition) is 0. The first-order valence-corrected chi connectivity index (χ1v) is 5.35. The third-order valence-electron chi connectivity index (χ3n) is 2.68. The highest BCUT2D eigenvalue weighted by molar-refractivity contribution is 5.94. The molecule has 88 valence electrons. The van der Waals surface area contributed by atoms with Gasteiger partial charge in [0.1, 0.15) is 0 Å². The summed E-state index contributed by atoms with van der Waals surface area (Å²) in [5, 5.41) is 0. The topological polar surface area (TPSA) is 17.1 Å². The minimum absolute atomic E-state index is 0. The van der Waals surface area contributed by atoms with E-state index in [1.807, 2.05) is 24.3 Å². The van der Waals surface area contributed by atoms with Crippen molar-refractivity contribution in [3.8, 4) is 11.1 Å². The van der Waals surface area contributed by atoms with Gasteiger partial charge in [0.05, 0.1) is 0 Å². The van der Waals surface area contributed by atoms with Crippen molar-refractivity contribution < 1.29 is 4.79 Å². The van der Waals surface area contributed by atoms with E-state index in [0.29, 0.717) is 0 Å². The second-order valence-electron chi connectivity index (χ2n) is 4.00. The first-order chi connectivity index (χ1) is 7.66. The molecule has 2 aromatic rings. The summed E-state index contributed by atoms with van der Waals surface area (Å²) in [6.07, 6.45) is 0. The summed E-state index contributed by atoms with van der Waals surface area (Å²) in [6.45, 7) is 3.66. The molecular weight excluding hydrogens is 208 g/mol. The molecule has 0 saturated carbocycles. The molecule has 2 rings (SSSR count). The lowest BCUT2D eigenvalue weighted by atomic mass is 10.0. The fourth-order valence-corrected chi connectivity index (χ4v) is 1.64. The van der Waals surface area contributed by atoms with Gasteiger partial charge in [0.25, 0.3) is 0 Å². The van der Waals surface area contributed by atoms with Crippen molar-refractivity contribution in [3.05, 3.63) is 59.7 Å². The SMILES string of the molecule is C.CC(=O)c1ccc(-c2ccc(C)cc2)cc1. The quantitative estimate of drug-likeness (QED) is 0.689. The molecule has 2 aromatic carbocycles. The lowest BCUT2D eigenvalue weighted by Crippen LogP contribution is -1.90. The zero-order chi connectivity index (χ0) is 11.5. The number of benzene rings is 2. The minimum Gasteiger partial charge on any atom is -0.295 e. The third-order valence-corrected chi connectivity index (χ3v) is 2.68. The van der Waals surface area contributed by atoms with Crippen LogP contribution in [-0.2, 0) is 0 Å². The van der Waals surface area contributed by atoms with Crippen LogP contribution in [0.5, 0.6) is 0 Å². The van der Waals surface area contributed by atoms with Crippen LogP contribution < -0.4 is 0 Å². The predicted octanol–water partition coefficient (Wildman–Crippen LogP) is 4.50. The minimum atomic E-state index is 0. The molecule has 0 amide bonds. The van der Waals surface area contributed by atoms with Gasteiger partial charge < -0.3 is 0 Å². The Labute approximate surface area is 103 Å². The van der Waals surface area contributed by atoms with Crippen molar-refractivity contribution in [2.75, 3.05) is 0 Å². The van der Waals surface area contributed by atoms with Crippen molar-refractivity contribution in [1.29, 1.82) is 0 Å². The zero-order valence-electron chi connectivity index (χ0n) is 9.53. The standard InChI is InChI=1S/C15H14O.CH4/c1-11-3-5-14(6-4-11)15-9-7-13(8-10-15)12(2)16;/h3-10H,1-2H3;1H4. The highest BCUT2D eigenvalue weighted by atomic mass is 16.1. The molecule has 0 saturated heterocycles. The molecule has 0 radical (unpaired) electrons. The van der Waals surface area contributed by atoms with Crippen LogP contribution in [0.3, 0.4) is 0 Å². The second kappa shape index (κ2) is 5.44. The van der Waals surface area contributed by atoms with Crippen LogP contribution in [0.15, 0.2) is 48.5 Å². The zero-order valence-corrected chi connectivity index (χ0v) is 9.53. The van der Waals surface area contributed by atoms with Gasteiger partial charge in [-0.15, -0.1) is 0 Å². The van der Waals surface area contributed by atoms with E-state index in [2.05, 4.69) is 31.2 Å². The molecule has 0 fully saturated rings. The highest BCUT2D eigenvalue weighted by Crippen LogP contribution is 2.20. The van der Waals surface area contributed by atoms with Crippen LogP contribution in [0.4, 0.5) is 0 Å². The number of aryl methyl sites for hydroxylation is 1. The molecular formula is C16H18O. The van der Waals surface area contributed by atoms with E-state index in [1.54, 1.807) is 6.92 Å². The highest BCUT2D eigenvalue weighted by Gasteiger charge is 2.00. The average molecular weight is 226 g/mol. The Balaban J connectivity index is 0.00000144. The summed E-state index contributed by atoms with van der Waals surface area (Å²) in [4.78, 5) is 11.1. The van der Waals surface area contributed by atoms with Crippen LogP contribution in [-0.4, -0.2) is 5.78 Å². The van der Waals surface area contributed by atoms with Gasteiger partial charge in [-0.3, -0.25) is 4.79 Å². The van der Waals surface area contributed by atoms with Gasteiger partial charge in [0.2, 0.25) is 0 Å². The molecule has 0 N–H and O–H groups in total. The van der Waals surface area contributed by atoms with E-state index in [0.717, 1.165) is 11.1 Å². The van der Waals surface area contributed by atoms with Crippen LogP contribution >= 0.6 is 0 Å². The van der Waals surface area contributed by atoms with E-state index in [9.17, 15) is 4.79 Å². The summed E-state index contributed by atoms with van der Waals surface area (Å²) in [7, 11) is 0. The van der Waals surface area contributed by atoms with Gasteiger partial charge in [-0.1, -0.05) is 61.5 Å². The maximum atomic E-state index is 11.1. The van der Waals surface area contributed by atoms with Gasteiger partial charge in [-0.2, -0.15) is 0 Å². The normalized spacial score (nSPS) is 9.53. The van der Waals surface area contributed by atoms with E-state index >= 15 is 0 Å². The number of Topliss-reactive ketones (excluding diaryl/α,β-unsaturated/α-hetero) is 1. The Hall–Kier alpha value is -1.89. The fourth-order valence-electron chi connectivity index (χ4n) is 1.64. The number of rotatable bonds is 2. The molecule has 1 nitrogen and oxygen atoms in total. The lowest BCUT2D eigenvalue weighted by Gasteiger charge is -2.03. The van der Waals surface area contributed by atoms with Crippen LogP contribution in [0, 0.1) is 6.92 Å². The molecule has 0 aliphatic rings. The Morgan fingerprint density at radius 3 is 1.65 bits per heavy atom. The molecule has 0 spiro atoms. The Morgan fingerprint density at radius 1 is 0.824 bits per heavy atom. The first-order valence-electron chi connectivity index (χ1n) is 5.35. The van der Waals surface area contributed by atoms with Crippen molar-refractivity contribution in [1.82, 2.24) is 0 Å². The van der Waals surface area contributed by atoms with Gasteiger partial charge >= 0.3 is 0 Å². The molecule has 17 heavy (non-hydrogen) atoms. The van der Waals surface area contributed by atoms with E-state index in [1.165, 1.54) is 11.1 Å². The molecule has 0 atom stereocenters. The van der Waals surface area contributed by atoms with Gasteiger partial charge in [0, 0.05) is 5.56 Å². The molecule has 0 aliphatic heterocycles. The summed E-state index contributed by atoms with van der Waals surface area (Å²) in [5.74, 6) is 0.107. The number of hydrogen-bond acceptors (Lipinski definition) is 1. The van der Waals surface area contributed by atoms with E-state index in [-0.39, 0.29) is 13.2 Å². The summed E-state index contributed by atoms with van der Waals surface area (Å²) in [6, 6.07) is 16.1. The molecule has 0 heterocycles. The molecule has 0 aromatic heterocycles. The Bertz CT molecular complexity index is 492. The lowest BCUT2D eigenvalue weighted by molar-refractivity contribution is 0.101. The van der Waals surface area contributed by atoms with Crippen molar-refractivity contribution in [2.45, 2.75) is 21.3 Å². The smallest absolute Gasteiger partial charge is 0.159 e. The number of carbonyl (C=O) groups excluding carboxylic acids is 1. The van der Waals surface area contributed by atoms with Crippen molar-refractivity contribution in [2.24, 2.45) is 0 Å². The number of carbonyl (C=O) groups is 1. The summed E-state index contributed by atoms with van der Waals surface area (Å²) >= 11 is 0. The Morgan fingerprint density at radius 2 is 1.24 bits per heavy atom. The fraction of sp³-hybridized carbons (Fsp3) is 0.188. The van der Waals surface area contributed by atoms with Crippen LogP contribution in [0.25, 0.3) is 11.1 Å². The maximum absolute atomic E-state index is 11.1. The van der Waals surface area contributed by atoms with E-state index in [4.69, 9.17) is 0 Å². The molecule has 1 heteroatoms. The van der Waals surface area contributed by atoms with Crippen molar-refractivity contribution in [3.63, 3.8) is 0 Å². The predicted molar refractivity (Wildman–Crippen MR) is 73.4 cm³/mol. The van der Waals surface area contributed by atoms with Gasteiger partial charge in [0.15, 0.2) is 5.78 Å². The monoisotopic (exact) mass is 226 g/mol. The summed E-state index contributed by atoms with van der Waals surface area (Å²) in [5.41, 5.74) is 4.34. The van der Waals surface area contributed by atoms with Crippen LogP contribution in [0.2, 0.25) is 0 Å². The van der Waals surface area contributed by atoms with Gasteiger partial charge in [-0.25, -0.2) is 0 Å². The molecule has 0 unspecified atom stereocenters. The number of ketones is 1. The largest absolute Gasteiger partial charge is 0.295 e. The molecule has 0 aliphatic carbocycles. The van der Waals surface area contributed by atoms with Crippen LogP contribution in [0.1, 0.15) is 30.3 Å². The van der Waals surface area contributed by atoms with Gasteiger partial charge in [-0.05, 0) is 25.0 Å². The summed E-state index contributed by atoms with van der Waals surface area (Å²) < 4.78 is 0. The maximum Gasteiger partial charge on any atom is 0.159 e. The third kappa shape index (κ3) is 3.04. The Kier molecular flexibility index (Phi) is 4.22.